The van der Waals surface area contributed by atoms with Gasteiger partial charge in [-0.2, -0.15) is 0 Å². The third kappa shape index (κ3) is 2.07. The predicted octanol–water partition coefficient (Wildman–Crippen LogP) is 2.86. The minimum atomic E-state index is 0.264. The Balaban J connectivity index is 2.30. The van der Waals surface area contributed by atoms with Crippen molar-refractivity contribution in [1.29, 1.82) is 0 Å². The molecule has 0 spiro atoms. The zero-order chi connectivity index (χ0) is 11.0. The van der Waals surface area contributed by atoms with Crippen molar-refractivity contribution in [3.63, 3.8) is 0 Å². The summed E-state index contributed by atoms with van der Waals surface area (Å²) in [6.07, 6.45) is 1.98. The van der Waals surface area contributed by atoms with Gasteiger partial charge in [0, 0.05) is 24.0 Å². The molecule has 0 aromatic heterocycles. The second-order valence-electron chi connectivity index (χ2n) is 3.58. The van der Waals surface area contributed by atoms with Crippen molar-refractivity contribution in [3.05, 3.63) is 22.2 Å². The number of halogens is 2. The Morgan fingerprint density at radius 3 is 2.53 bits per heavy atom. The Hall–Kier alpha value is -0.0900. The van der Waals surface area contributed by atoms with Crippen LogP contribution in [-0.4, -0.2) is 25.4 Å². The summed E-state index contributed by atoms with van der Waals surface area (Å²) in [6, 6.07) is 4.27. The van der Waals surface area contributed by atoms with E-state index in [1.54, 1.807) is 11.8 Å². The molecule has 1 aliphatic rings. The van der Waals surface area contributed by atoms with Gasteiger partial charge in [0.25, 0.3) is 0 Å². The molecule has 1 aliphatic heterocycles. The Bertz CT molecular complexity index is 378. The smallest absolute Gasteiger partial charge is 0.0837 e. The minimum absolute atomic E-state index is 0.264. The summed E-state index contributed by atoms with van der Waals surface area (Å²) in [7, 11) is 0. The van der Waals surface area contributed by atoms with Crippen molar-refractivity contribution < 1.29 is 0 Å². The molecule has 1 aromatic rings. The van der Waals surface area contributed by atoms with Crippen LogP contribution in [0.4, 0.5) is 5.69 Å². The molecule has 2 N–H and O–H groups in total. The Labute approximate surface area is 104 Å². The van der Waals surface area contributed by atoms with Crippen molar-refractivity contribution in [2.45, 2.75) is 10.9 Å². The van der Waals surface area contributed by atoms with Gasteiger partial charge in [0.15, 0.2) is 0 Å². The summed E-state index contributed by atoms with van der Waals surface area (Å²) >= 11 is 14.0. The molecule has 5 heteroatoms. The lowest BCUT2D eigenvalue weighted by Crippen LogP contribution is -2.56. The maximum Gasteiger partial charge on any atom is 0.0837 e. The number of nitrogens with two attached hydrogens (primary N) is 1. The van der Waals surface area contributed by atoms with E-state index < -0.39 is 0 Å². The first-order chi connectivity index (χ1) is 7.13. The van der Waals surface area contributed by atoms with Crippen LogP contribution < -0.4 is 10.6 Å². The van der Waals surface area contributed by atoms with Crippen molar-refractivity contribution >= 4 is 40.7 Å². The van der Waals surface area contributed by atoms with Gasteiger partial charge in [-0.3, -0.25) is 0 Å². The molecule has 0 amide bonds. The number of benzene rings is 1. The molecule has 0 saturated carbocycles. The van der Waals surface area contributed by atoms with Crippen molar-refractivity contribution in [2.24, 2.45) is 5.73 Å². The van der Waals surface area contributed by atoms with E-state index in [0.717, 1.165) is 23.7 Å². The first kappa shape index (κ1) is 11.4. The average Bonchev–Trinajstić information content (AvgIpc) is 2.18. The molecule has 2 nitrogen and oxygen atoms in total. The summed E-state index contributed by atoms with van der Waals surface area (Å²) in [6.45, 7) is 1.71. The Morgan fingerprint density at radius 2 is 2.00 bits per heavy atom. The fourth-order valence-corrected chi connectivity index (χ4v) is 2.85. The number of hydrogen-bond donors (Lipinski definition) is 1. The van der Waals surface area contributed by atoms with Crippen LogP contribution in [0.25, 0.3) is 0 Å². The first-order valence-corrected chi connectivity index (χ1v) is 6.64. The van der Waals surface area contributed by atoms with E-state index in [4.69, 9.17) is 28.9 Å². The largest absolute Gasteiger partial charge is 0.367 e. The van der Waals surface area contributed by atoms with Crippen molar-refractivity contribution in [2.75, 3.05) is 24.2 Å². The van der Waals surface area contributed by atoms with Crippen LogP contribution in [0.5, 0.6) is 0 Å². The van der Waals surface area contributed by atoms with E-state index in [1.807, 2.05) is 18.4 Å². The van der Waals surface area contributed by atoms with Crippen molar-refractivity contribution in [3.8, 4) is 0 Å². The van der Waals surface area contributed by atoms with Gasteiger partial charge in [0.2, 0.25) is 0 Å². The molecule has 1 fully saturated rings. The van der Waals surface area contributed by atoms with Gasteiger partial charge in [-0.25, -0.2) is 0 Å². The van der Waals surface area contributed by atoms with Crippen LogP contribution >= 0.6 is 35.0 Å². The Kier molecular flexibility index (Phi) is 3.36. The highest BCUT2D eigenvalue weighted by Gasteiger charge is 2.25. The highest BCUT2D eigenvalue weighted by molar-refractivity contribution is 7.98. The number of hydrogen-bond acceptors (Lipinski definition) is 3. The minimum Gasteiger partial charge on any atom is -0.367 e. The van der Waals surface area contributed by atoms with Gasteiger partial charge in [-0.1, -0.05) is 23.2 Å². The van der Waals surface area contributed by atoms with Crippen LogP contribution in [0.15, 0.2) is 17.0 Å². The van der Waals surface area contributed by atoms with Gasteiger partial charge in [0.1, 0.15) is 0 Å². The van der Waals surface area contributed by atoms with E-state index in [9.17, 15) is 0 Å². The van der Waals surface area contributed by atoms with Gasteiger partial charge in [-0.15, -0.1) is 11.8 Å². The summed E-state index contributed by atoms with van der Waals surface area (Å²) in [5.41, 5.74) is 6.72. The third-order valence-corrected chi connectivity index (χ3v) is 4.26. The molecule has 1 saturated heterocycles. The fourth-order valence-electron chi connectivity index (χ4n) is 1.63. The molecule has 1 heterocycles. The molecule has 0 aliphatic carbocycles. The molecule has 1 aromatic carbocycles. The molecule has 0 bridgehead atoms. The van der Waals surface area contributed by atoms with Crippen LogP contribution in [0.1, 0.15) is 0 Å². The van der Waals surface area contributed by atoms with Gasteiger partial charge >= 0.3 is 0 Å². The summed E-state index contributed by atoms with van der Waals surface area (Å²) in [5, 5.41) is 1.28. The zero-order valence-electron chi connectivity index (χ0n) is 8.34. The lowest BCUT2D eigenvalue weighted by atomic mass is 10.1. The standard InChI is InChI=1S/C10H12Cl2N2S/c1-15-8-3-2-7(9(11)10(8)12)14-4-6(13)5-14/h2-3,6H,4-5,13H2,1H3. The lowest BCUT2D eigenvalue weighted by molar-refractivity contribution is 0.519. The van der Waals surface area contributed by atoms with E-state index in [0.29, 0.717) is 10.0 Å². The molecular formula is C10H12Cl2N2S. The average molecular weight is 263 g/mol. The third-order valence-electron chi connectivity index (χ3n) is 2.50. The molecule has 2 rings (SSSR count). The number of rotatable bonds is 2. The van der Waals surface area contributed by atoms with Crippen LogP contribution in [0.2, 0.25) is 10.0 Å². The highest BCUT2D eigenvalue weighted by Crippen LogP contribution is 2.39. The van der Waals surface area contributed by atoms with Crippen LogP contribution in [-0.2, 0) is 0 Å². The quantitative estimate of drug-likeness (QED) is 0.832. The second kappa shape index (κ2) is 4.42. The highest BCUT2D eigenvalue weighted by atomic mass is 35.5. The van der Waals surface area contributed by atoms with E-state index in [2.05, 4.69) is 4.90 Å². The van der Waals surface area contributed by atoms with Crippen LogP contribution in [0, 0.1) is 0 Å². The summed E-state index contributed by atoms with van der Waals surface area (Å²) in [5.74, 6) is 0. The molecule has 0 radical (unpaired) electrons. The SMILES string of the molecule is CSc1ccc(N2CC(N)C2)c(Cl)c1Cl. The summed E-state index contributed by atoms with van der Waals surface area (Å²) < 4.78 is 0. The Morgan fingerprint density at radius 1 is 1.33 bits per heavy atom. The summed E-state index contributed by atoms with van der Waals surface area (Å²) in [4.78, 5) is 3.15. The van der Waals surface area contributed by atoms with E-state index in [-0.39, 0.29) is 6.04 Å². The normalized spacial score (nSPS) is 16.7. The first-order valence-electron chi connectivity index (χ1n) is 4.66. The molecule has 0 unspecified atom stereocenters. The predicted molar refractivity (Wildman–Crippen MR) is 68.4 cm³/mol. The second-order valence-corrected chi connectivity index (χ2v) is 5.18. The van der Waals surface area contributed by atoms with Crippen LogP contribution in [0.3, 0.4) is 0 Å². The number of anilines is 1. The topological polar surface area (TPSA) is 29.3 Å². The van der Waals surface area contributed by atoms with E-state index in [1.165, 1.54) is 0 Å². The lowest BCUT2D eigenvalue weighted by Gasteiger charge is -2.39. The maximum atomic E-state index is 6.20. The van der Waals surface area contributed by atoms with Gasteiger partial charge < -0.3 is 10.6 Å². The molecule has 15 heavy (non-hydrogen) atoms. The van der Waals surface area contributed by atoms with Gasteiger partial charge in [-0.05, 0) is 18.4 Å². The fraction of sp³-hybridized carbons (Fsp3) is 0.400. The van der Waals surface area contributed by atoms with Gasteiger partial charge in [0.05, 0.1) is 15.7 Å². The molecular weight excluding hydrogens is 251 g/mol. The van der Waals surface area contributed by atoms with E-state index >= 15 is 0 Å². The molecule has 82 valence electrons. The number of thioether (sulfide) groups is 1. The number of nitrogens with zero attached hydrogens (tertiary/aromatic N) is 1. The monoisotopic (exact) mass is 262 g/mol. The molecule has 0 atom stereocenters. The maximum absolute atomic E-state index is 6.20. The zero-order valence-corrected chi connectivity index (χ0v) is 10.7. The van der Waals surface area contributed by atoms with Crippen molar-refractivity contribution in [1.82, 2.24) is 0 Å².